The van der Waals surface area contributed by atoms with E-state index in [9.17, 15) is 4.79 Å². The third-order valence-corrected chi connectivity index (χ3v) is 6.19. The van der Waals surface area contributed by atoms with Gasteiger partial charge in [-0.3, -0.25) is 4.79 Å². The molecular weight excluding hydrogens is 546 g/mol. The van der Waals surface area contributed by atoms with Crippen LogP contribution in [0, 0.1) is 0 Å². The second kappa shape index (κ2) is 10.9. The van der Waals surface area contributed by atoms with Crippen LogP contribution >= 0.6 is 31.9 Å². The van der Waals surface area contributed by atoms with Crippen LogP contribution in [0.4, 0.5) is 0 Å². The van der Waals surface area contributed by atoms with Gasteiger partial charge in [-0.15, -0.1) is 0 Å². The third-order valence-electron chi connectivity index (χ3n) is 5.17. The van der Waals surface area contributed by atoms with Gasteiger partial charge in [-0.05, 0) is 54.4 Å². The fraction of sp³-hybridized carbons (Fsp3) is 0.192. The number of para-hydroxylation sites is 1. The molecule has 168 valence electrons. The number of nitrogens with zero attached hydrogens (tertiary/aromatic N) is 3. The van der Waals surface area contributed by atoms with Crippen LogP contribution in [0.5, 0.6) is 5.75 Å². The summed E-state index contributed by atoms with van der Waals surface area (Å²) in [6.45, 7) is 2.55. The topological polar surface area (TPSA) is 56.5 Å². The van der Waals surface area contributed by atoms with E-state index in [4.69, 9.17) is 9.72 Å². The summed E-state index contributed by atoms with van der Waals surface area (Å²) >= 11 is 6.89. The highest BCUT2D eigenvalue weighted by molar-refractivity contribution is 9.10. The Hall–Kier alpha value is -2.77. The highest BCUT2D eigenvalue weighted by Crippen LogP contribution is 2.20. The number of hydrogen-bond acceptors (Lipinski definition) is 4. The van der Waals surface area contributed by atoms with E-state index in [1.54, 1.807) is 12.3 Å². The second-order valence-corrected chi connectivity index (χ2v) is 9.44. The number of halogens is 2. The number of ether oxygens (including phenoxy) is 1. The SMILES string of the molecule is CCCCc1nc2ccc(Br)cc2c(=O)n1N=Cc1ccccc1OCc1ccc(Br)cc1. The van der Waals surface area contributed by atoms with Crippen molar-refractivity contribution in [1.82, 2.24) is 9.66 Å². The van der Waals surface area contributed by atoms with Gasteiger partial charge in [0.2, 0.25) is 0 Å². The molecule has 0 N–H and O–H groups in total. The number of rotatable bonds is 8. The Morgan fingerprint density at radius 3 is 2.58 bits per heavy atom. The Labute approximate surface area is 209 Å². The first-order valence-electron chi connectivity index (χ1n) is 10.8. The van der Waals surface area contributed by atoms with Crippen molar-refractivity contribution in [3.8, 4) is 5.75 Å². The summed E-state index contributed by atoms with van der Waals surface area (Å²) in [5.41, 5.74) is 2.35. The first kappa shape index (κ1) is 23.4. The molecule has 33 heavy (non-hydrogen) atoms. The first-order valence-corrected chi connectivity index (χ1v) is 12.4. The molecule has 0 radical (unpaired) electrons. The Morgan fingerprint density at radius 2 is 1.79 bits per heavy atom. The zero-order valence-electron chi connectivity index (χ0n) is 18.2. The van der Waals surface area contributed by atoms with Gasteiger partial charge < -0.3 is 4.74 Å². The maximum atomic E-state index is 13.3. The normalized spacial score (nSPS) is 11.4. The maximum absolute atomic E-state index is 13.3. The van der Waals surface area contributed by atoms with Crippen molar-refractivity contribution in [1.29, 1.82) is 0 Å². The fourth-order valence-corrected chi connectivity index (χ4v) is 4.02. The van der Waals surface area contributed by atoms with Crippen LogP contribution in [0.25, 0.3) is 10.9 Å². The van der Waals surface area contributed by atoms with Crippen LogP contribution in [0.2, 0.25) is 0 Å². The summed E-state index contributed by atoms with van der Waals surface area (Å²) in [5, 5.41) is 5.08. The number of unbranched alkanes of at least 4 members (excludes halogenated alkanes) is 1. The minimum Gasteiger partial charge on any atom is -0.488 e. The van der Waals surface area contributed by atoms with Gasteiger partial charge >= 0.3 is 0 Å². The molecule has 5 nitrogen and oxygen atoms in total. The standard InChI is InChI=1S/C26H23Br2N3O2/c1-2-3-8-25-30-23-14-13-21(28)15-22(23)26(32)31(25)29-16-19-6-4-5-7-24(19)33-17-18-9-11-20(27)12-10-18/h4-7,9-16H,2-3,8,17H2,1H3. The average molecular weight is 569 g/mol. The van der Waals surface area contributed by atoms with Crippen molar-refractivity contribution in [2.24, 2.45) is 5.10 Å². The fourth-order valence-electron chi connectivity index (χ4n) is 3.39. The number of aromatic nitrogens is 2. The molecular formula is C26H23Br2N3O2. The van der Waals surface area contributed by atoms with Crippen LogP contribution in [0.1, 0.15) is 36.7 Å². The van der Waals surface area contributed by atoms with Crippen LogP contribution in [-0.4, -0.2) is 15.9 Å². The van der Waals surface area contributed by atoms with Crippen molar-refractivity contribution >= 4 is 49.0 Å². The predicted octanol–water partition coefficient (Wildman–Crippen LogP) is 6.73. The summed E-state index contributed by atoms with van der Waals surface area (Å²) in [7, 11) is 0. The van der Waals surface area contributed by atoms with Crippen LogP contribution < -0.4 is 10.3 Å². The molecule has 7 heteroatoms. The Balaban J connectivity index is 1.67. The van der Waals surface area contributed by atoms with Gasteiger partial charge in [-0.2, -0.15) is 9.78 Å². The van der Waals surface area contributed by atoms with E-state index in [1.165, 1.54) is 4.68 Å². The number of fused-ring (bicyclic) bond motifs is 1. The molecule has 0 saturated carbocycles. The molecule has 1 aromatic heterocycles. The van der Waals surface area contributed by atoms with E-state index in [1.807, 2.05) is 60.7 Å². The van der Waals surface area contributed by atoms with Crippen molar-refractivity contribution in [3.05, 3.63) is 103 Å². The lowest BCUT2D eigenvalue weighted by molar-refractivity contribution is 0.306. The minimum absolute atomic E-state index is 0.183. The largest absolute Gasteiger partial charge is 0.488 e. The maximum Gasteiger partial charge on any atom is 0.282 e. The molecule has 4 aromatic rings. The van der Waals surface area contributed by atoms with Crippen molar-refractivity contribution in [2.45, 2.75) is 32.8 Å². The molecule has 4 rings (SSSR count). The molecule has 0 atom stereocenters. The molecule has 0 amide bonds. The molecule has 0 saturated heterocycles. The third kappa shape index (κ3) is 5.78. The van der Waals surface area contributed by atoms with Gasteiger partial charge in [0.15, 0.2) is 0 Å². The minimum atomic E-state index is -0.183. The second-order valence-electron chi connectivity index (χ2n) is 7.61. The number of benzene rings is 3. The molecule has 0 unspecified atom stereocenters. The average Bonchev–Trinajstić information content (AvgIpc) is 2.83. The smallest absolute Gasteiger partial charge is 0.282 e. The Kier molecular flexibility index (Phi) is 7.73. The molecule has 0 aliphatic carbocycles. The molecule has 0 aliphatic heterocycles. The lowest BCUT2D eigenvalue weighted by Gasteiger charge is -2.11. The van der Waals surface area contributed by atoms with Gasteiger partial charge in [0.05, 0.1) is 17.1 Å². The molecule has 0 aliphatic rings. The summed E-state index contributed by atoms with van der Waals surface area (Å²) in [5.74, 6) is 1.35. The molecule has 0 fully saturated rings. The van der Waals surface area contributed by atoms with Crippen molar-refractivity contribution < 1.29 is 4.74 Å². The lowest BCUT2D eigenvalue weighted by Crippen LogP contribution is -2.22. The quantitative estimate of drug-likeness (QED) is 0.222. The van der Waals surface area contributed by atoms with Gasteiger partial charge in [0.1, 0.15) is 18.2 Å². The van der Waals surface area contributed by atoms with E-state index >= 15 is 0 Å². The zero-order chi connectivity index (χ0) is 23.2. The van der Waals surface area contributed by atoms with Gasteiger partial charge in [-0.1, -0.05) is 69.5 Å². The lowest BCUT2D eigenvalue weighted by atomic mass is 10.2. The van der Waals surface area contributed by atoms with Crippen molar-refractivity contribution in [2.75, 3.05) is 0 Å². The van der Waals surface area contributed by atoms with E-state index in [0.29, 0.717) is 35.5 Å². The molecule has 0 bridgehead atoms. The Morgan fingerprint density at radius 1 is 1.03 bits per heavy atom. The van der Waals surface area contributed by atoms with E-state index in [0.717, 1.165) is 32.9 Å². The monoisotopic (exact) mass is 567 g/mol. The summed E-state index contributed by atoms with van der Waals surface area (Å²) in [6.07, 6.45) is 4.28. The summed E-state index contributed by atoms with van der Waals surface area (Å²) in [4.78, 5) is 18.0. The van der Waals surface area contributed by atoms with Crippen LogP contribution in [-0.2, 0) is 13.0 Å². The van der Waals surface area contributed by atoms with E-state index in [2.05, 4.69) is 43.9 Å². The highest BCUT2D eigenvalue weighted by atomic mass is 79.9. The van der Waals surface area contributed by atoms with Crippen LogP contribution in [0.15, 0.2) is 85.6 Å². The Bertz CT molecular complexity index is 1350. The van der Waals surface area contributed by atoms with Gasteiger partial charge in [0.25, 0.3) is 5.56 Å². The predicted molar refractivity (Wildman–Crippen MR) is 140 cm³/mol. The van der Waals surface area contributed by atoms with Gasteiger partial charge in [0, 0.05) is 20.9 Å². The number of aryl methyl sites for hydroxylation is 1. The molecule has 3 aromatic carbocycles. The van der Waals surface area contributed by atoms with Crippen molar-refractivity contribution in [3.63, 3.8) is 0 Å². The first-order chi connectivity index (χ1) is 16.0. The van der Waals surface area contributed by atoms with E-state index in [-0.39, 0.29) is 5.56 Å². The summed E-state index contributed by atoms with van der Waals surface area (Å²) < 4.78 is 9.32. The summed E-state index contributed by atoms with van der Waals surface area (Å²) in [6, 6.07) is 21.2. The molecule has 1 heterocycles. The van der Waals surface area contributed by atoms with Gasteiger partial charge in [-0.25, -0.2) is 4.98 Å². The highest BCUT2D eigenvalue weighted by Gasteiger charge is 2.11. The zero-order valence-corrected chi connectivity index (χ0v) is 21.3. The van der Waals surface area contributed by atoms with Crippen LogP contribution in [0.3, 0.4) is 0 Å². The molecule has 0 spiro atoms. The van der Waals surface area contributed by atoms with E-state index < -0.39 is 0 Å². The number of hydrogen-bond donors (Lipinski definition) is 0.